The number of hydrogen-bond donors (Lipinski definition) is 0. The summed E-state index contributed by atoms with van der Waals surface area (Å²) in [5, 5.41) is 0. The van der Waals surface area contributed by atoms with E-state index in [2.05, 4.69) is 27.7 Å². The number of unbranched alkanes of at least 4 members (excludes halogenated alkanes) is 4. The van der Waals surface area contributed by atoms with Crippen molar-refractivity contribution in [3.05, 3.63) is 0 Å². The molecule has 0 aliphatic rings. The van der Waals surface area contributed by atoms with Crippen molar-refractivity contribution in [1.82, 2.24) is 0 Å². The molecule has 0 aliphatic carbocycles. The van der Waals surface area contributed by atoms with Crippen LogP contribution in [0.2, 0.25) is 0 Å². The third-order valence-corrected chi connectivity index (χ3v) is 2.52. The van der Waals surface area contributed by atoms with Gasteiger partial charge in [-0.2, -0.15) is 0 Å². The van der Waals surface area contributed by atoms with E-state index in [0.717, 1.165) is 19.1 Å². The molecule has 0 bridgehead atoms. The van der Waals surface area contributed by atoms with Gasteiger partial charge in [0.25, 0.3) is 0 Å². The SMILES string of the molecule is CC(C)CCCCCCCOCC(C)C. The van der Waals surface area contributed by atoms with Crippen molar-refractivity contribution < 1.29 is 4.74 Å². The summed E-state index contributed by atoms with van der Waals surface area (Å²) in [6.45, 7) is 10.9. The third-order valence-electron chi connectivity index (χ3n) is 2.52. The van der Waals surface area contributed by atoms with Gasteiger partial charge >= 0.3 is 0 Å². The molecule has 0 unspecified atom stereocenters. The molecule has 0 aromatic carbocycles. The molecule has 0 saturated heterocycles. The van der Waals surface area contributed by atoms with E-state index in [1.807, 2.05) is 0 Å². The monoisotopic (exact) mass is 214 g/mol. The van der Waals surface area contributed by atoms with Crippen LogP contribution in [0.1, 0.15) is 66.2 Å². The van der Waals surface area contributed by atoms with Crippen molar-refractivity contribution in [3.63, 3.8) is 0 Å². The Morgan fingerprint density at radius 2 is 1.33 bits per heavy atom. The summed E-state index contributed by atoms with van der Waals surface area (Å²) in [6, 6.07) is 0. The standard InChI is InChI=1S/C14H30O/c1-13(2)10-8-6-5-7-9-11-15-12-14(3)4/h13-14H,5-12H2,1-4H3. The molecule has 0 N–H and O–H groups in total. The van der Waals surface area contributed by atoms with Crippen molar-refractivity contribution in [2.45, 2.75) is 66.2 Å². The summed E-state index contributed by atoms with van der Waals surface area (Å²) in [4.78, 5) is 0. The first-order valence-corrected chi connectivity index (χ1v) is 6.70. The highest BCUT2D eigenvalue weighted by atomic mass is 16.5. The average Bonchev–Trinajstić information content (AvgIpc) is 2.14. The van der Waals surface area contributed by atoms with Crippen molar-refractivity contribution in [2.75, 3.05) is 13.2 Å². The molecule has 0 aromatic heterocycles. The smallest absolute Gasteiger partial charge is 0.0488 e. The van der Waals surface area contributed by atoms with Crippen molar-refractivity contribution in [2.24, 2.45) is 11.8 Å². The summed E-state index contributed by atoms with van der Waals surface area (Å²) in [7, 11) is 0. The highest BCUT2D eigenvalue weighted by Crippen LogP contribution is 2.10. The van der Waals surface area contributed by atoms with E-state index in [4.69, 9.17) is 4.74 Å². The minimum absolute atomic E-state index is 0.677. The molecule has 0 amide bonds. The van der Waals surface area contributed by atoms with Gasteiger partial charge < -0.3 is 4.74 Å². The Kier molecular flexibility index (Phi) is 10.4. The van der Waals surface area contributed by atoms with Gasteiger partial charge in [0.2, 0.25) is 0 Å². The lowest BCUT2D eigenvalue weighted by atomic mass is 10.0. The van der Waals surface area contributed by atoms with Gasteiger partial charge in [0, 0.05) is 13.2 Å². The van der Waals surface area contributed by atoms with E-state index < -0.39 is 0 Å². The number of rotatable bonds is 10. The van der Waals surface area contributed by atoms with Crippen molar-refractivity contribution in [1.29, 1.82) is 0 Å². The molecule has 92 valence electrons. The van der Waals surface area contributed by atoms with Crippen LogP contribution in [0.3, 0.4) is 0 Å². The largest absolute Gasteiger partial charge is 0.381 e. The fourth-order valence-corrected chi connectivity index (χ4v) is 1.61. The van der Waals surface area contributed by atoms with Crippen LogP contribution in [0.25, 0.3) is 0 Å². The van der Waals surface area contributed by atoms with E-state index in [1.165, 1.54) is 38.5 Å². The summed E-state index contributed by atoms with van der Waals surface area (Å²) in [5.74, 6) is 1.55. The molecule has 1 heteroatoms. The van der Waals surface area contributed by atoms with Crippen LogP contribution >= 0.6 is 0 Å². The first kappa shape index (κ1) is 15.0. The Labute approximate surface area is 96.6 Å². The summed E-state index contributed by atoms with van der Waals surface area (Å²) in [5.41, 5.74) is 0. The number of ether oxygens (including phenoxy) is 1. The molecular weight excluding hydrogens is 184 g/mol. The molecule has 0 aromatic rings. The van der Waals surface area contributed by atoms with Crippen LogP contribution in [0.15, 0.2) is 0 Å². The van der Waals surface area contributed by atoms with E-state index in [1.54, 1.807) is 0 Å². The van der Waals surface area contributed by atoms with Crippen LogP contribution in [0.5, 0.6) is 0 Å². The lowest BCUT2D eigenvalue weighted by molar-refractivity contribution is 0.106. The van der Waals surface area contributed by atoms with E-state index >= 15 is 0 Å². The molecule has 0 heterocycles. The zero-order chi connectivity index (χ0) is 11.5. The highest BCUT2D eigenvalue weighted by Gasteiger charge is 1.96. The highest BCUT2D eigenvalue weighted by molar-refractivity contribution is 4.48. The Balaban J connectivity index is 2.93. The topological polar surface area (TPSA) is 9.23 Å². The van der Waals surface area contributed by atoms with Crippen LogP contribution in [0.4, 0.5) is 0 Å². The molecule has 15 heavy (non-hydrogen) atoms. The minimum Gasteiger partial charge on any atom is -0.381 e. The molecule has 0 radical (unpaired) electrons. The van der Waals surface area contributed by atoms with Gasteiger partial charge in [0.15, 0.2) is 0 Å². The van der Waals surface area contributed by atoms with Gasteiger partial charge in [-0.15, -0.1) is 0 Å². The Hall–Kier alpha value is -0.0400. The maximum atomic E-state index is 5.54. The Bertz CT molecular complexity index is 105. The fourth-order valence-electron chi connectivity index (χ4n) is 1.61. The summed E-state index contributed by atoms with van der Waals surface area (Å²) < 4.78 is 5.54. The first-order valence-electron chi connectivity index (χ1n) is 6.70. The fraction of sp³-hybridized carbons (Fsp3) is 1.00. The molecule has 1 nitrogen and oxygen atoms in total. The van der Waals surface area contributed by atoms with Crippen LogP contribution in [0, 0.1) is 11.8 Å². The average molecular weight is 214 g/mol. The normalized spacial score (nSPS) is 11.6. The van der Waals surface area contributed by atoms with E-state index in [-0.39, 0.29) is 0 Å². The Morgan fingerprint density at radius 1 is 0.733 bits per heavy atom. The summed E-state index contributed by atoms with van der Waals surface area (Å²) >= 11 is 0. The lowest BCUT2D eigenvalue weighted by Crippen LogP contribution is -2.02. The van der Waals surface area contributed by atoms with Gasteiger partial charge in [-0.3, -0.25) is 0 Å². The van der Waals surface area contributed by atoms with Crippen LogP contribution < -0.4 is 0 Å². The minimum atomic E-state index is 0.677. The van der Waals surface area contributed by atoms with E-state index in [9.17, 15) is 0 Å². The second-order valence-corrected chi connectivity index (χ2v) is 5.42. The predicted octanol–water partition coefficient (Wildman–Crippen LogP) is 4.66. The maximum Gasteiger partial charge on any atom is 0.0488 e. The molecular formula is C14H30O. The predicted molar refractivity (Wildman–Crippen MR) is 68.2 cm³/mol. The molecule has 0 fully saturated rings. The zero-order valence-corrected chi connectivity index (χ0v) is 11.2. The van der Waals surface area contributed by atoms with Crippen molar-refractivity contribution >= 4 is 0 Å². The lowest BCUT2D eigenvalue weighted by Gasteiger charge is -2.07. The zero-order valence-electron chi connectivity index (χ0n) is 11.2. The molecule has 0 spiro atoms. The van der Waals surface area contributed by atoms with Gasteiger partial charge in [0.05, 0.1) is 0 Å². The van der Waals surface area contributed by atoms with Crippen molar-refractivity contribution in [3.8, 4) is 0 Å². The van der Waals surface area contributed by atoms with Gasteiger partial charge in [-0.1, -0.05) is 59.8 Å². The number of hydrogen-bond acceptors (Lipinski definition) is 1. The third kappa shape index (κ3) is 14.0. The molecule has 0 saturated carbocycles. The van der Waals surface area contributed by atoms with Crippen LogP contribution in [-0.4, -0.2) is 13.2 Å². The first-order chi connectivity index (χ1) is 7.13. The maximum absolute atomic E-state index is 5.54. The van der Waals surface area contributed by atoms with E-state index in [0.29, 0.717) is 5.92 Å². The molecule has 0 atom stereocenters. The second-order valence-electron chi connectivity index (χ2n) is 5.42. The quantitative estimate of drug-likeness (QED) is 0.481. The Morgan fingerprint density at radius 3 is 1.93 bits per heavy atom. The molecule has 0 aliphatic heterocycles. The summed E-state index contributed by atoms with van der Waals surface area (Å²) in [6.07, 6.45) is 8.18. The molecule has 0 rings (SSSR count). The van der Waals surface area contributed by atoms with Gasteiger partial charge in [0.1, 0.15) is 0 Å². The van der Waals surface area contributed by atoms with Crippen LogP contribution in [-0.2, 0) is 4.74 Å². The van der Waals surface area contributed by atoms with Gasteiger partial charge in [-0.25, -0.2) is 0 Å². The van der Waals surface area contributed by atoms with Gasteiger partial charge in [-0.05, 0) is 18.3 Å². The second kappa shape index (κ2) is 10.5.